The topological polar surface area (TPSA) is 55.8 Å². The molecular weight excluding hydrogens is 220 g/mol. The Labute approximate surface area is 99.2 Å². The molecule has 0 atom stereocenters. The Kier molecular flexibility index (Phi) is 2.08. The third-order valence-electron chi connectivity index (χ3n) is 3.53. The van der Waals surface area contributed by atoms with E-state index in [0.717, 1.165) is 35.5 Å². The van der Waals surface area contributed by atoms with Gasteiger partial charge in [0, 0.05) is 11.0 Å². The number of aliphatic carboxylic acids is 1. The molecule has 1 aromatic rings. The quantitative estimate of drug-likeness (QED) is 0.871. The van der Waals surface area contributed by atoms with Gasteiger partial charge >= 0.3 is 5.97 Å². The van der Waals surface area contributed by atoms with E-state index in [1.165, 1.54) is 0 Å². The third kappa shape index (κ3) is 1.64. The summed E-state index contributed by atoms with van der Waals surface area (Å²) in [6.45, 7) is 2.22. The van der Waals surface area contributed by atoms with Crippen LogP contribution in [0.4, 0.5) is 0 Å². The summed E-state index contributed by atoms with van der Waals surface area (Å²) < 4.78 is 10.9. The number of fused-ring (bicyclic) bond motifs is 1. The number of carboxylic acid groups (broad SMARTS) is 1. The van der Waals surface area contributed by atoms with Gasteiger partial charge in [0.05, 0.1) is 6.42 Å². The molecule has 1 heterocycles. The molecule has 1 aliphatic heterocycles. The summed E-state index contributed by atoms with van der Waals surface area (Å²) in [6.07, 6.45) is 2.00. The average Bonchev–Trinajstić information content (AvgIpc) is 2.87. The lowest BCUT2D eigenvalue weighted by atomic mass is 9.90. The number of hydrogen-bond donors (Lipinski definition) is 1. The highest BCUT2D eigenvalue weighted by atomic mass is 16.7. The molecule has 0 unspecified atom stereocenters. The fourth-order valence-corrected chi connectivity index (χ4v) is 2.52. The van der Waals surface area contributed by atoms with Crippen LogP contribution in [-0.4, -0.2) is 17.9 Å². The summed E-state index contributed by atoms with van der Waals surface area (Å²) in [4.78, 5) is 10.9. The van der Waals surface area contributed by atoms with Crippen LogP contribution in [-0.2, 0) is 10.2 Å². The molecular formula is C13H14O4. The highest BCUT2D eigenvalue weighted by Gasteiger charge is 2.49. The van der Waals surface area contributed by atoms with Crippen LogP contribution in [0.3, 0.4) is 0 Å². The summed E-state index contributed by atoms with van der Waals surface area (Å²) in [5.74, 6) is 0.739. The molecule has 1 saturated carbocycles. The molecule has 1 N–H and O–H groups in total. The van der Waals surface area contributed by atoms with E-state index in [0.29, 0.717) is 0 Å². The SMILES string of the molecule is Cc1cc2c(c(C3(CC(=O)O)CC3)c1)OCO2. The Morgan fingerprint density at radius 3 is 2.82 bits per heavy atom. The summed E-state index contributed by atoms with van der Waals surface area (Å²) in [7, 11) is 0. The molecule has 4 heteroatoms. The van der Waals surface area contributed by atoms with E-state index in [9.17, 15) is 4.79 Å². The molecule has 0 spiro atoms. The van der Waals surface area contributed by atoms with Gasteiger partial charge in [-0.15, -0.1) is 0 Å². The van der Waals surface area contributed by atoms with Crippen LogP contribution in [0.1, 0.15) is 30.4 Å². The summed E-state index contributed by atoms with van der Waals surface area (Å²) >= 11 is 0. The minimum atomic E-state index is -0.753. The van der Waals surface area contributed by atoms with Crippen LogP contribution >= 0.6 is 0 Å². The van der Waals surface area contributed by atoms with Crippen molar-refractivity contribution in [3.63, 3.8) is 0 Å². The first-order valence-electron chi connectivity index (χ1n) is 5.73. The predicted octanol–water partition coefficient (Wildman–Crippen LogP) is 2.23. The van der Waals surface area contributed by atoms with Gasteiger partial charge in [0.2, 0.25) is 6.79 Å². The van der Waals surface area contributed by atoms with Gasteiger partial charge in [0.1, 0.15) is 0 Å². The zero-order valence-corrected chi connectivity index (χ0v) is 9.66. The molecule has 3 rings (SSSR count). The van der Waals surface area contributed by atoms with E-state index < -0.39 is 5.97 Å². The number of benzene rings is 1. The van der Waals surface area contributed by atoms with Crippen molar-refractivity contribution in [1.82, 2.24) is 0 Å². The molecule has 90 valence electrons. The minimum Gasteiger partial charge on any atom is -0.481 e. The van der Waals surface area contributed by atoms with Crippen LogP contribution in [0.25, 0.3) is 0 Å². The molecule has 0 radical (unpaired) electrons. The van der Waals surface area contributed by atoms with Gasteiger partial charge < -0.3 is 14.6 Å². The molecule has 0 bridgehead atoms. The van der Waals surface area contributed by atoms with E-state index >= 15 is 0 Å². The van der Waals surface area contributed by atoms with Crippen molar-refractivity contribution < 1.29 is 19.4 Å². The number of hydrogen-bond acceptors (Lipinski definition) is 3. The van der Waals surface area contributed by atoms with Crippen LogP contribution in [0.2, 0.25) is 0 Å². The lowest BCUT2D eigenvalue weighted by Crippen LogP contribution is -2.14. The molecule has 1 aliphatic carbocycles. The Morgan fingerprint density at radius 1 is 1.41 bits per heavy atom. The maximum atomic E-state index is 10.9. The third-order valence-corrected chi connectivity index (χ3v) is 3.53. The second-order valence-electron chi connectivity index (χ2n) is 4.90. The number of aryl methyl sites for hydroxylation is 1. The fourth-order valence-electron chi connectivity index (χ4n) is 2.52. The minimum absolute atomic E-state index is 0.173. The average molecular weight is 234 g/mol. The molecule has 2 aliphatic rings. The van der Waals surface area contributed by atoms with Crippen molar-refractivity contribution >= 4 is 5.97 Å². The van der Waals surface area contributed by atoms with Crippen LogP contribution < -0.4 is 9.47 Å². The molecule has 1 aromatic carbocycles. The first-order valence-corrected chi connectivity index (χ1v) is 5.73. The van der Waals surface area contributed by atoms with Crippen molar-refractivity contribution in [2.24, 2.45) is 0 Å². The summed E-state index contributed by atoms with van der Waals surface area (Å²) in [5.41, 5.74) is 1.86. The monoisotopic (exact) mass is 234 g/mol. The second kappa shape index (κ2) is 3.39. The molecule has 0 amide bonds. The maximum Gasteiger partial charge on any atom is 0.304 e. The van der Waals surface area contributed by atoms with E-state index in [1.807, 2.05) is 19.1 Å². The van der Waals surface area contributed by atoms with Crippen molar-refractivity contribution in [2.45, 2.75) is 31.6 Å². The van der Waals surface area contributed by atoms with Gasteiger partial charge in [-0.05, 0) is 31.4 Å². The van der Waals surface area contributed by atoms with Crippen LogP contribution in [0, 0.1) is 6.92 Å². The highest BCUT2D eigenvalue weighted by molar-refractivity contribution is 5.71. The Balaban J connectivity index is 2.06. The standard InChI is InChI=1S/C13H14O4/c1-8-4-9(12-10(5-8)16-7-17-12)13(2-3-13)6-11(14)15/h4-5H,2-3,6-7H2,1H3,(H,14,15). The summed E-state index contributed by atoms with van der Waals surface area (Å²) in [5, 5.41) is 9.00. The van der Waals surface area contributed by atoms with Gasteiger partial charge in [-0.1, -0.05) is 6.07 Å². The molecule has 1 fully saturated rings. The number of ether oxygens (including phenoxy) is 2. The molecule has 0 saturated heterocycles. The number of rotatable bonds is 3. The number of carbonyl (C=O) groups is 1. The molecule has 17 heavy (non-hydrogen) atoms. The fraction of sp³-hybridized carbons (Fsp3) is 0.462. The van der Waals surface area contributed by atoms with E-state index in [4.69, 9.17) is 14.6 Å². The van der Waals surface area contributed by atoms with E-state index in [-0.39, 0.29) is 18.6 Å². The van der Waals surface area contributed by atoms with Crippen molar-refractivity contribution in [3.8, 4) is 11.5 Å². The normalized spacial score (nSPS) is 19.1. The van der Waals surface area contributed by atoms with Crippen LogP contribution in [0.5, 0.6) is 11.5 Å². The van der Waals surface area contributed by atoms with Gasteiger partial charge in [-0.25, -0.2) is 0 Å². The summed E-state index contributed by atoms with van der Waals surface area (Å²) in [6, 6.07) is 3.96. The van der Waals surface area contributed by atoms with Gasteiger partial charge in [0.25, 0.3) is 0 Å². The Morgan fingerprint density at radius 2 is 2.18 bits per heavy atom. The molecule has 4 nitrogen and oxygen atoms in total. The maximum absolute atomic E-state index is 10.9. The van der Waals surface area contributed by atoms with E-state index in [2.05, 4.69) is 0 Å². The largest absolute Gasteiger partial charge is 0.481 e. The highest BCUT2D eigenvalue weighted by Crippen LogP contribution is 2.56. The second-order valence-corrected chi connectivity index (χ2v) is 4.90. The van der Waals surface area contributed by atoms with Gasteiger partial charge in [-0.2, -0.15) is 0 Å². The zero-order valence-electron chi connectivity index (χ0n) is 9.66. The smallest absolute Gasteiger partial charge is 0.304 e. The lowest BCUT2D eigenvalue weighted by Gasteiger charge is -2.16. The van der Waals surface area contributed by atoms with Crippen molar-refractivity contribution in [2.75, 3.05) is 6.79 Å². The Hall–Kier alpha value is -1.71. The van der Waals surface area contributed by atoms with E-state index in [1.54, 1.807) is 0 Å². The van der Waals surface area contributed by atoms with Gasteiger partial charge in [-0.3, -0.25) is 4.79 Å². The van der Waals surface area contributed by atoms with Crippen molar-refractivity contribution in [3.05, 3.63) is 23.3 Å². The van der Waals surface area contributed by atoms with Crippen LogP contribution in [0.15, 0.2) is 12.1 Å². The zero-order chi connectivity index (χ0) is 12.0. The van der Waals surface area contributed by atoms with Gasteiger partial charge in [0.15, 0.2) is 11.5 Å². The Bertz CT molecular complexity index is 488. The number of carboxylic acids is 1. The first-order chi connectivity index (χ1) is 8.11. The predicted molar refractivity (Wildman–Crippen MR) is 60.5 cm³/mol. The molecule has 0 aromatic heterocycles. The van der Waals surface area contributed by atoms with Crippen molar-refractivity contribution in [1.29, 1.82) is 0 Å². The lowest BCUT2D eigenvalue weighted by molar-refractivity contribution is -0.137. The first kappa shape index (κ1) is 10.4.